The first-order valence-electron chi connectivity index (χ1n) is 6.71. The van der Waals surface area contributed by atoms with E-state index in [1.54, 1.807) is 7.11 Å². The molecular formula is C13H27NO3. The lowest BCUT2D eigenvalue weighted by Gasteiger charge is -2.16. The lowest BCUT2D eigenvalue weighted by Crippen LogP contribution is -2.32. The number of rotatable bonds is 11. The average molecular weight is 245 g/mol. The zero-order valence-electron chi connectivity index (χ0n) is 11.2. The van der Waals surface area contributed by atoms with E-state index in [1.807, 2.05) is 6.92 Å². The molecule has 0 aromatic carbocycles. The molecule has 4 heteroatoms. The van der Waals surface area contributed by atoms with E-state index in [4.69, 9.17) is 9.47 Å². The third-order valence-corrected chi connectivity index (χ3v) is 3.02. The molecular weight excluding hydrogens is 218 g/mol. The molecule has 0 aromatic heterocycles. The van der Waals surface area contributed by atoms with Crippen LogP contribution in [-0.2, 0) is 9.47 Å². The highest BCUT2D eigenvalue weighted by molar-refractivity contribution is 4.73. The Kier molecular flexibility index (Phi) is 7.77. The quantitative estimate of drug-likeness (QED) is 0.537. The summed E-state index contributed by atoms with van der Waals surface area (Å²) in [7, 11) is 1.65. The molecule has 1 saturated carbocycles. The lowest BCUT2D eigenvalue weighted by atomic mass is 10.2. The van der Waals surface area contributed by atoms with E-state index in [9.17, 15) is 5.11 Å². The Morgan fingerprint density at radius 3 is 2.76 bits per heavy atom. The lowest BCUT2D eigenvalue weighted by molar-refractivity contribution is -0.0310. The van der Waals surface area contributed by atoms with Gasteiger partial charge in [-0.05, 0) is 32.2 Å². The minimum atomic E-state index is -0.421. The van der Waals surface area contributed by atoms with Gasteiger partial charge in [-0.25, -0.2) is 0 Å². The van der Waals surface area contributed by atoms with Crippen molar-refractivity contribution in [1.82, 2.24) is 5.32 Å². The Morgan fingerprint density at radius 2 is 2.12 bits per heavy atom. The highest BCUT2D eigenvalue weighted by Crippen LogP contribution is 2.33. The predicted molar refractivity (Wildman–Crippen MR) is 68.1 cm³/mol. The van der Waals surface area contributed by atoms with Crippen LogP contribution in [0.2, 0.25) is 0 Å². The number of nitrogens with one attached hydrogen (secondary N) is 1. The minimum absolute atomic E-state index is 0.0458. The van der Waals surface area contributed by atoms with Crippen LogP contribution < -0.4 is 5.32 Å². The summed E-state index contributed by atoms with van der Waals surface area (Å²) in [5.74, 6) is 1.000. The van der Waals surface area contributed by atoms with E-state index < -0.39 is 6.10 Å². The molecule has 0 bridgehead atoms. The van der Waals surface area contributed by atoms with Gasteiger partial charge in [0.15, 0.2) is 0 Å². The third-order valence-electron chi connectivity index (χ3n) is 3.02. The number of methoxy groups -OCH3 is 1. The molecule has 0 radical (unpaired) electrons. The molecule has 1 fully saturated rings. The average Bonchev–Trinajstić information content (AvgIpc) is 3.10. The number of hydrogen-bond donors (Lipinski definition) is 2. The van der Waals surface area contributed by atoms with Crippen molar-refractivity contribution in [2.75, 3.05) is 33.4 Å². The second kappa shape index (κ2) is 8.86. The molecule has 0 aromatic rings. The molecule has 1 aliphatic carbocycles. The molecule has 0 saturated heterocycles. The number of aliphatic hydroxyl groups is 1. The van der Waals surface area contributed by atoms with Crippen LogP contribution in [0.25, 0.3) is 0 Å². The Balaban J connectivity index is 1.84. The van der Waals surface area contributed by atoms with Gasteiger partial charge in [0, 0.05) is 13.7 Å². The van der Waals surface area contributed by atoms with Gasteiger partial charge >= 0.3 is 0 Å². The van der Waals surface area contributed by atoms with Crippen LogP contribution in [0, 0.1) is 5.92 Å². The Bertz CT molecular complexity index is 186. The maximum Gasteiger partial charge on any atom is 0.0897 e. The minimum Gasteiger partial charge on any atom is -0.389 e. The SMILES string of the molecule is COCC(C)OCC(O)CNCCCC1CC1. The van der Waals surface area contributed by atoms with Gasteiger partial charge in [0.25, 0.3) is 0 Å². The van der Waals surface area contributed by atoms with Gasteiger partial charge in [-0.1, -0.05) is 12.8 Å². The van der Waals surface area contributed by atoms with Crippen LogP contribution in [0.15, 0.2) is 0 Å². The summed E-state index contributed by atoms with van der Waals surface area (Å²) in [6, 6.07) is 0. The zero-order chi connectivity index (χ0) is 12.5. The summed E-state index contributed by atoms with van der Waals surface area (Å²) in [6.45, 7) is 4.51. The third kappa shape index (κ3) is 8.55. The van der Waals surface area contributed by atoms with Crippen molar-refractivity contribution >= 4 is 0 Å². The molecule has 0 aliphatic heterocycles. The first-order chi connectivity index (χ1) is 8.22. The summed E-state index contributed by atoms with van der Waals surface area (Å²) in [5, 5.41) is 12.9. The van der Waals surface area contributed by atoms with E-state index in [0.717, 1.165) is 12.5 Å². The zero-order valence-corrected chi connectivity index (χ0v) is 11.2. The second-order valence-electron chi connectivity index (χ2n) is 5.04. The molecule has 102 valence electrons. The first kappa shape index (κ1) is 14.9. The fourth-order valence-corrected chi connectivity index (χ4v) is 1.81. The first-order valence-corrected chi connectivity index (χ1v) is 6.71. The maximum atomic E-state index is 9.66. The standard InChI is InChI=1S/C13H27NO3/c1-11(9-16-2)17-10-13(15)8-14-7-3-4-12-5-6-12/h11-15H,3-10H2,1-2H3. The molecule has 2 atom stereocenters. The highest BCUT2D eigenvalue weighted by atomic mass is 16.5. The van der Waals surface area contributed by atoms with Crippen molar-refractivity contribution in [2.45, 2.75) is 44.8 Å². The van der Waals surface area contributed by atoms with E-state index in [0.29, 0.717) is 19.8 Å². The Labute approximate surface area is 105 Å². The van der Waals surface area contributed by atoms with Crippen LogP contribution in [0.5, 0.6) is 0 Å². The second-order valence-corrected chi connectivity index (χ2v) is 5.04. The Morgan fingerprint density at radius 1 is 1.35 bits per heavy atom. The van der Waals surface area contributed by atoms with Crippen molar-refractivity contribution < 1.29 is 14.6 Å². The van der Waals surface area contributed by atoms with Crippen LogP contribution >= 0.6 is 0 Å². The predicted octanol–water partition coefficient (Wildman–Crippen LogP) is 1.18. The monoisotopic (exact) mass is 245 g/mol. The van der Waals surface area contributed by atoms with Crippen LogP contribution in [0.4, 0.5) is 0 Å². The van der Waals surface area contributed by atoms with Gasteiger partial charge in [0.05, 0.1) is 25.4 Å². The largest absolute Gasteiger partial charge is 0.389 e. The van der Waals surface area contributed by atoms with Crippen LogP contribution in [0.1, 0.15) is 32.6 Å². The summed E-state index contributed by atoms with van der Waals surface area (Å²) in [4.78, 5) is 0. The summed E-state index contributed by atoms with van der Waals surface area (Å²) >= 11 is 0. The number of aliphatic hydroxyl groups excluding tert-OH is 1. The van der Waals surface area contributed by atoms with Crippen molar-refractivity contribution in [2.24, 2.45) is 5.92 Å². The molecule has 4 nitrogen and oxygen atoms in total. The molecule has 1 aliphatic rings. The summed E-state index contributed by atoms with van der Waals surface area (Å²) < 4.78 is 10.4. The summed E-state index contributed by atoms with van der Waals surface area (Å²) in [6.07, 6.45) is 5.03. The molecule has 2 unspecified atom stereocenters. The van der Waals surface area contributed by atoms with Gasteiger partial charge in [-0.2, -0.15) is 0 Å². The topological polar surface area (TPSA) is 50.7 Å². The van der Waals surface area contributed by atoms with Gasteiger partial charge < -0.3 is 19.9 Å². The van der Waals surface area contributed by atoms with Gasteiger partial charge in [-0.15, -0.1) is 0 Å². The Hall–Kier alpha value is -0.160. The van der Waals surface area contributed by atoms with Gasteiger partial charge in [-0.3, -0.25) is 0 Å². The maximum absolute atomic E-state index is 9.66. The smallest absolute Gasteiger partial charge is 0.0897 e. The van der Waals surface area contributed by atoms with E-state index >= 15 is 0 Å². The van der Waals surface area contributed by atoms with Gasteiger partial charge in [0.2, 0.25) is 0 Å². The fraction of sp³-hybridized carbons (Fsp3) is 1.00. The van der Waals surface area contributed by atoms with Crippen molar-refractivity contribution in [3.63, 3.8) is 0 Å². The number of ether oxygens (including phenoxy) is 2. The van der Waals surface area contributed by atoms with Gasteiger partial charge in [0.1, 0.15) is 0 Å². The molecule has 0 amide bonds. The number of hydrogen-bond acceptors (Lipinski definition) is 4. The molecule has 1 rings (SSSR count). The normalized spacial score (nSPS) is 19.2. The summed E-state index contributed by atoms with van der Waals surface area (Å²) in [5.41, 5.74) is 0. The molecule has 17 heavy (non-hydrogen) atoms. The van der Waals surface area contributed by atoms with E-state index in [2.05, 4.69) is 5.32 Å². The van der Waals surface area contributed by atoms with E-state index in [-0.39, 0.29) is 6.10 Å². The molecule has 2 N–H and O–H groups in total. The highest BCUT2D eigenvalue weighted by Gasteiger charge is 2.19. The van der Waals surface area contributed by atoms with Crippen molar-refractivity contribution in [1.29, 1.82) is 0 Å². The molecule has 0 heterocycles. The van der Waals surface area contributed by atoms with Crippen LogP contribution in [0.3, 0.4) is 0 Å². The van der Waals surface area contributed by atoms with E-state index in [1.165, 1.54) is 25.7 Å². The molecule has 0 spiro atoms. The fourth-order valence-electron chi connectivity index (χ4n) is 1.81. The van der Waals surface area contributed by atoms with Crippen LogP contribution in [-0.4, -0.2) is 50.7 Å². The van der Waals surface area contributed by atoms with Crippen molar-refractivity contribution in [3.05, 3.63) is 0 Å². The van der Waals surface area contributed by atoms with Crippen molar-refractivity contribution in [3.8, 4) is 0 Å².